The number of aliphatic carboxylic acids is 1. The van der Waals surface area contributed by atoms with E-state index in [1.54, 1.807) is 19.2 Å². The molecule has 27 heavy (non-hydrogen) atoms. The number of aromatic nitrogens is 2. The van der Waals surface area contributed by atoms with Crippen molar-refractivity contribution in [2.24, 2.45) is 5.92 Å². The number of hydrogen-bond acceptors (Lipinski definition) is 7. The first-order valence-electron chi connectivity index (χ1n) is 8.48. The number of carbonyl (C=O) groups is 2. The molecule has 2 aliphatic heterocycles. The van der Waals surface area contributed by atoms with Crippen LogP contribution in [0.4, 0.5) is 5.95 Å². The summed E-state index contributed by atoms with van der Waals surface area (Å²) < 4.78 is 10.7. The first-order valence-corrected chi connectivity index (χ1v) is 8.48. The molecule has 9 nitrogen and oxygen atoms in total. The van der Waals surface area contributed by atoms with Crippen LogP contribution in [0.5, 0.6) is 11.5 Å². The van der Waals surface area contributed by atoms with Gasteiger partial charge in [0.1, 0.15) is 0 Å². The maximum Gasteiger partial charge on any atom is 0.308 e. The zero-order chi connectivity index (χ0) is 19.0. The number of anilines is 1. The molecule has 140 valence electrons. The molecule has 2 aliphatic rings. The molecular weight excluding hydrogens is 352 g/mol. The van der Waals surface area contributed by atoms with Crippen LogP contribution in [0.2, 0.25) is 0 Å². The summed E-state index contributed by atoms with van der Waals surface area (Å²) >= 11 is 0. The van der Waals surface area contributed by atoms with Crippen molar-refractivity contribution in [2.45, 2.75) is 5.92 Å². The number of carboxylic acid groups (broad SMARTS) is 1. The Balaban J connectivity index is 1.58. The molecule has 2 N–H and O–H groups in total. The summed E-state index contributed by atoms with van der Waals surface area (Å²) in [7, 11) is 1.69. The fourth-order valence-electron chi connectivity index (χ4n) is 3.45. The number of nitrogens with one attached hydrogen (secondary N) is 1. The number of carbonyl (C=O) groups excluding carboxylic acids is 1. The van der Waals surface area contributed by atoms with E-state index in [1.165, 1.54) is 17.3 Å². The molecule has 0 radical (unpaired) electrons. The quantitative estimate of drug-likeness (QED) is 0.825. The zero-order valence-corrected chi connectivity index (χ0v) is 14.6. The summed E-state index contributed by atoms with van der Waals surface area (Å²) in [5.41, 5.74) is 1.13. The minimum Gasteiger partial charge on any atom is -0.481 e. The summed E-state index contributed by atoms with van der Waals surface area (Å²) in [6, 6.07) is 5.39. The van der Waals surface area contributed by atoms with E-state index < -0.39 is 11.9 Å². The molecule has 3 heterocycles. The minimum atomic E-state index is -0.935. The third-order valence-corrected chi connectivity index (χ3v) is 4.87. The summed E-state index contributed by atoms with van der Waals surface area (Å²) in [6.45, 7) is 0.573. The molecule has 1 aromatic carbocycles. The summed E-state index contributed by atoms with van der Waals surface area (Å²) in [5, 5.41) is 12.4. The van der Waals surface area contributed by atoms with E-state index in [0.29, 0.717) is 29.6 Å². The highest BCUT2D eigenvalue weighted by Crippen LogP contribution is 2.39. The maximum atomic E-state index is 12.8. The van der Waals surface area contributed by atoms with Crippen molar-refractivity contribution in [3.63, 3.8) is 0 Å². The number of rotatable bonds is 4. The van der Waals surface area contributed by atoms with E-state index in [4.69, 9.17) is 9.47 Å². The fraction of sp³-hybridized carbons (Fsp3) is 0.333. The number of fused-ring (bicyclic) bond motifs is 1. The van der Waals surface area contributed by atoms with Crippen LogP contribution < -0.4 is 14.8 Å². The SMILES string of the molecule is CNc1ncc(C(=O)N2C[C@@H](C(=O)O)[C@H](c3ccc4c(c3)OCO4)C2)cn1. The largest absolute Gasteiger partial charge is 0.481 e. The van der Waals surface area contributed by atoms with Gasteiger partial charge in [0.15, 0.2) is 11.5 Å². The van der Waals surface area contributed by atoms with Gasteiger partial charge in [0.25, 0.3) is 5.91 Å². The van der Waals surface area contributed by atoms with Crippen molar-refractivity contribution in [3.8, 4) is 11.5 Å². The van der Waals surface area contributed by atoms with Gasteiger partial charge in [0, 0.05) is 38.4 Å². The Morgan fingerprint density at radius 1 is 1.19 bits per heavy atom. The third kappa shape index (κ3) is 3.12. The highest BCUT2D eigenvalue weighted by atomic mass is 16.7. The molecule has 0 aliphatic carbocycles. The van der Waals surface area contributed by atoms with Crippen LogP contribution in [0.1, 0.15) is 21.8 Å². The standard InChI is InChI=1S/C18H18N4O5/c1-19-18-20-5-11(6-21-18)16(23)22-7-12(13(8-22)17(24)25)10-2-3-14-15(4-10)27-9-26-14/h2-6,12-13H,7-9H2,1H3,(H,24,25)(H,19,20,21)/t12-,13+/m0/s1. The molecule has 4 rings (SSSR count). The molecule has 0 spiro atoms. The van der Waals surface area contributed by atoms with Crippen molar-refractivity contribution in [2.75, 3.05) is 32.2 Å². The molecule has 0 unspecified atom stereocenters. The second-order valence-electron chi connectivity index (χ2n) is 6.42. The lowest BCUT2D eigenvalue weighted by atomic mass is 9.89. The lowest BCUT2D eigenvalue weighted by Crippen LogP contribution is -2.30. The van der Waals surface area contributed by atoms with Crippen LogP contribution in [0.25, 0.3) is 0 Å². The number of benzene rings is 1. The van der Waals surface area contributed by atoms with Crippen LogP contribution in [-0.4, -0.2) is 58.8 Å². The number of ether oxygens (including phenoxy) is 2. The molecule has 2 aromatic rings. The number of likely N-dealkylation sites (tertiary alicyclic amines) is 1. The molecular formula is C18H18N4O5. The Hall–Kier alpha value is -3.36. The van der Waals surface area contributed by atoms with Crippen molar-refractivity contribution in [3.05, 3.63) is 41.7 Å². The molecule has 1 fully saturated rings. The summed E-state index contributed by atoms with van der Waals surface area (Å²) in [6.07, 6.45) is 2.87. The molecule has 1 aromatic heterocycles. The van der Waals surface area contributed by atoms with E-state index in [0.717, 1.165) is 5.56 Å². The predicted octanol–water partition coefficient (Wildman–Crippen LogP) is 1.19. The number of amides is 1. The van der Waals surface area contributed by atoms with Gasteiger partial charge in [0.2, 0.25) is 12.7 Å². The fourth-order valence-corrected chi connectivity index (χ4v) is 3.45. The topological polar surface area (TPSA) is 114 Å². The van der Waals surface area contributed by atoms with Gasteiger partial charge in [-0.05, 0) is 17.7 Å². The molecule has 0 saturated carbocycles. The van der Waals surface area contributed by atoms with E-state index in [2.05, 4.69) is 15.3 Å². The summed E-state index contributed by atoms with van der Waals surface area (Å²) in [5.74, 6) is -0.613. The van der Waals surface area contributed by atoms with Crippen molar-refractivity contribution >= 4 is 17.8 Å². The number of nitrogens with zero attached hydrogens (tertiary/aromatic N) is 3. The second kappa shape index (κ2) is 6.75. The Morgan fingerprint density at radius 3 is 2.63 bits per heavy atom. The molecule has 9 heteroatoms. The number of hydrogen-bond donors (Lipinski definition) is 2. The van der Waals surface area contributed by atoms with Crippen LogP contribution in [0.3, 0.4) is 0 Å². The average Bonchev–Trinajstić information content (AvgIpc) is 3.34. The highest BCUT2D eigenvalue weighted by Gasteiger charge is 2.41. The smallest absolute Gasteiger partial charge is 0.308 e. The van der Waals surface area contributed by atoms with Crippen LogP contribution in [0, 0.1) is 5.92 Å². The molecule has 1 saturated heterocycles. The predicted molar refractivity (Wildman–Crippen MR) is 93.9 cm³/mol. The lowest BCUT2D eigenvalue weighted by Gasteiger charge is -2.16. The molecule has 0 bridgehead atoms. The highest BCUT2D eigenvalue weighted by molar-refractivity contribution is 5.94. The van der Waals surface area contributed by atoms with Crippen molar-refractivity contribution < 1.29 is 24.2 Å². The third-order valence-electron chi connectivity index (χ3n) is 4.87. The van der Waals surface area contributed by atoms with Gasteiger partial charge < -0.3 is 24.8 Å². The van der Waals surface area contributed by atoms with Gasteiger partial charge >= 0.3 is 5.97 Å². The Labute approximate surface area is 154 Å². The normalized spacial score (nSPS) is 20.6. The van der Waals surface area contributed by atoms with Gasteiger partial charge in [0.05, 0.1) is 11.5 Å². The van der Waals surface area contributed by atoms with Crippen LogP contribution >= 0.6 is 0 Å². The lowest BCUT2D eigenvalue weighted by molar-refractivity contribution is -0.141. The van der Waals surface area contributed by atoms with Gasteiger partial charge in [-0.2, -0.15) is 0 Å². The van der Waals surface area contributed by atoms with E-state index >= 15 is 0 Å². The minimum absolute atomic E-state index is 0.126. The Kier molecular flexibility index (Phi) is 4.27. The monoisotopic (exact) mass is 370 g/mol. The van der Waals surface area contributed by atoms with Gasteiger partial charge in [-0.1, -0.05) is 6.07 Å². The van der Waals surface area contributed by atoms with Crippen molar-refractivity contribution in [1.29, 1.82) is 0 Å². The second-order valence-corrected chi connectivity index (χ2v) is 6.42. The maximum absolute atomic E-state index is 12.8. The van der Waals surface area contributed by atoms with Crippen LogP contribution in [0.15, 0.2) is 30.6 Å². The van der Waals surface area contributed by atoms with E-state index in [1.807, 2.05) is 6.07 Å². The first-order chi connectivity index (χ1) is 13.1. The first kappa shape index (κ1) is 17.1. The molecule has 1 amide bonds. The van der Waals surface area contributed by atoms with Crippen molar-refractivity contribution in [1.82, 2.24) is 14.9 Å². The van der Waals surface area contributed by atoms with Crippen LogP contribution in [-0.2, 0) is 4.79 Å². The van der Waals surface area contributed by atoms with Gasteiger partial charge in [-0.3, -0.25) is 9.59 Å². The van der Waals surface area contributed by atoms with E-state index in [9.17, 15) is 14.7 Å². The average molecular weight is 370 g/mol. The zero-order valence-electron chi connectivity index (χ0n) is 14.6. The van der Waals surface area contributed by atoms with Gasteiger partial charge in [-0.25, -0.2) is 9.97 Å². The van der Waals surface area contributed by atoms with Gasteiger partial charge in [-0.15, -0.1) is 0 Å². The Bertz CT molecular complexity index is 886. The number of carboxylic acids is 1. The van der Waals surface area contributed by atoms with E-state index in [-0.39, 0.29) is 25.2 Å². The molecule has 2 atom stereocenters. The summed E-state index contributed by atoms with van der Waals surface area (Å²) in [4.78, 5) is 34.2. The Morgan fingerprint density at radius 2 is 1.93 bits per heavy atom.